The molecule has 0 saturated carbocycles. The van der Waals surface area contributed by atoms with Crippen LogP contribution >= 0.6 is 0 Å². The second-order valence-corrected chi connectivity index (χ2v) is 4.89. The predicted octanol–water partition coefficient (Wildman–Crippen LogP) is 1.98. The van der Waals surface area contributed by atoms with Crippen LogP contribution in [0.15, 0.2) is 0 Å². The monoisotopic (exact) mass is 236 g/mol. The number of methoxy groups -OCH3 is 1. The molecule has 1 aliphatic rings. The molecule has 0 bridgehead atoms. The molecular formula is C11H20FNO3. The molecule has 1 fully saturated rings. The Labute approximate surface area is 99.9 Å². The molecule has 0 aromatic rings. The fourth-order valence-corrected chi connectivity index (χ4v) is 1.51. The standard InChI is InChI=1S/C11H20FNO3/c1-11(2,3)16-10(14)13-6-5-9(15-4)8(12)7-13/h8-9H,5-7H2,1-4H3/t8-,9+/m0/s1/i4D3. The molecule has 1 heterocycles. The number of nitrogens with zero attached hydrogens (tertiary/aromatic N) is 1. The van der Waals surface area contributed by atoms with Crippen molar-refractivity contribution in [3.05, 3.63) is 0 Å². The van der Waals surface area contributed by atoms with E-state index in [0.29, 0.717) is 0 Å². The van der Waals surface area contributed by atoms with E-state index in [2.05, 4.69) is 4.74 Å². The van der Waals surface area contributed by atoms with Gasteiger partial charge in [-0.2, -0.15) is 0 Å². The minimum absolute atomic E-state index is 0.138. The van der Waals surface area contributed by atoms with Gasteiger partial charge in [0.15, 0.2) is 0 Å². The molecule has 0 aromatic heterocycles. The SMILES string of the molecule is [2H]C([2H])([2H])O[C@@H]1CCN(C(=O)OC(C)(C)C)C[C@@H]1F. The highest BCUT2D eigenvalue weighted by molar-refractivity contribution is 5.68. The average molecular weight is 236 g/mol. The van der Waals surface area contributed by atoms with Crippen molar-refractivity contribution in [1.29, 1.82) is 0 Å². The predicted molar refractivity (Wildman–Crippen MR) is 58.1 cm³/mol. The molecule has 2 atom stereocenters. The van der Waals surface area contributed by atoms with Crippen molar-refractivity contribution in [3.8, 4) is 0 Å². The van der Waals surface area contributed by atoms with Crippen molar-refractivity contribution >= 4 is 6.09 Å². The van der Waals surface area contributed by atoms with Crippen LogP contribution in [0, 0.1) is 0 Å². The maximum atomic E-state index is 13.8. The maximum Gasteiger partial charge on any atom is 0.410 e. The Bertz CT molecular complexity index is 330. The first kappa shape index (κ1) is 9.22. The Balaban J connectivity index is 2.52. The van der Waals surface area contributed by atoms with E-state index in [-0.39, 0.29) is 19.5 Å². The number of rotatable bonds is 1. The smallest absolute Gasteiger partial charge is 0.410 e. The molecular weight excluding hydrogens is 213 g/mol. The highest BCUT2D eigenvalue weighted by Crippen LogP contribution is 2.19. The number of halogens is 1. The summed E-state index contributed by atoms with van der Waals surface area (Å²) >= 11 is 0. The summed E-state index contributed by atoms with van der Waals surface area (Å²) in [6, 6.07) is 0. The van der Waals surface area contributed by atoms with Crippen LogP contribution in [0.25, 0.3) is 0 Å². The third-order valence-corrected chi connectivity index (χ3v) is 2.28. The van der Waals surface area contributed by atoms with E-state index in [0.717, 1.165) is 0 Å². The Morgan fingerprint density at radius 3 is 2.75 bits per heavy atom. The molecule has 0 N–H and O–H groups in total. The molecule has 0 radical (unpaired) electrons. The third-order valence-electron chi connectivity index (χ3n) is 2.28. The molecule has 1 rings (SSSR count). The summed E-state index contributed by atoms with van der Waals surface area (Å²) in [5.41, 5.74) is -0.644. The number of carbonyl (C=O) groups is 1. The van der Waals surface area contributed by atoms with Gasteiger partial charge in [-0.25, -0.2) is 9.18 Å². The maximum absolute atomic E-state index is 13.8. The van der Waals surface area contributed by atoms with Gasteiger partial charge < -0.3 is 14.4 Å². The second-order valence-electron chi connectivity index (χ2n) is 4.89. The molecule has 1 aliphatic heterocycles. The summed E-state index contributed by atoms with van der Waals surface area (Å²) in [6.07, 6.45) is -2.99. The second kappa shape index (κ2) is 4.99. The number of hydrogen-bond acceptors (Lipinski definition) is 3. The highest BCUT2D eigenvalue weighted by atomic mass is 19.1. The van der Waals surface area contributed by atoms with E-state index < -0.39 is 31.0 Å². The summed E-state index contributed by atoms with van der Waals surface area (Å²) in [6.45, 7) is 5.18. The molecule has 4 nitrogen and oxygen atoms in total. The van der Waals surface area contributed by atoms with Crippen molar-refractivity contribution < 1.29 is 22.8 Å². The zero-order valence-corrected chi connectivity index (χ0v) is 9.83. The molecule has 1 amide bonds. The number of alkyl halides is 1. The van der Waals surface area contributed by atoms with E-state index in [1.807, 2.05) is 0 Å². The summed E-state index contributed by atoms with van der Waals surface area (Å²) in [5.74, 6) is 0. The summed E-state index contributed by atoms with van der Waals surface area (Å²) in [4.78, 5) is 13.0. The van der Waals surface area contributed by atoms with Crippen molar-refractivity contribution in [2.45, 2.75) is 45.1 Å². The third kappa shape index (κ3) is 3.63. The zero-order valence-electron chi connectivity index (χ0n) is 12.8. The number of carbonyl (C=O) groups excluding carboxylic acids is 1. The Hall–Kier alpha value is -0.840. The van der Waals surface area contributed by atoms with Gasteiger partial charge in [0.05, 0.1) is 16.8 Å². The summed E-state index contributed by atoms with van der Waals surface area (Å²) in [5, 5.41) is 0. The minimum atomic E-state index is -2.62. The van der Waals surface area contributed by atoms with Crippen molar-refractivity contribution in [3.63, 3.8) is 0 Å². The van der Waals surface area contributed by atoms with Gasteiger partial charge in [0.1, 0.15) is 11.8 Å². The summed E-state index contributed by atoms with van der Waals surface area (Å²) in [7, 11) is -2.62. The van der Waals surface area contributed by atoms with Crippen LogP contribution in [-0.2, 0) is 9.47 Å². The number of hydrogen-bond donors (Lipinski definition) is 0. The van der Waals surface area contributed by atoms with E-state index in [4.69, 9.17) is 8.85 Å². The number of amides is 1. The van der Waals surface area contributed by atoms with E-state index in [9.17, 15) is 9.18 Å². The first-order valence-electron chi connectivity index (χ1n) is 6.78. The van der Waals surface area contributed by atoms with Gasteiger partial charge in [0.2, 0.25) is 0 Å². The topological polar surface area (TPSA) is 38.8 Å². The number of ether oxygens (including phenoxy) is 2. The largest absolute Gasteiger partial charge is 0.444 e. The van der Waals surface area contributed by atoms with Gasteiger partial charge in [-0.05, 0) is 27.2 Å². The van der Waals surface area contributed by atoms with Crippen LogP contribution in [0.5, 0.6) is 0 Å². The number of likely N-dealkylation sites (tertiary alicyclic amines) is 1. The molecule has 0 aliphatic carbocycles. The lowest BCUT2D eigenvalue weighted by atomic mass is 10.1. The van der Waals surface area contributed by atoms with Crippen LogP contribution in [0.1, 0.15) is 31.3 Å². The Morgan fingerprint density at radius 2 is 2.25 bits per heavy atom. The molecule has 5 heteroatoms. The Morgan fingerprint density at radius 1 is 1.56 bits per heavy atom. The van der Waals surface area contributed by atoms with E-state index in [1.54, 1.807) is 20.8 Å². The fourth-order valence-electron chi connectivity index (χ4n) is 1.51. The quantitative estimate of drug-likeness (QED) is 0.698. The molecule has 1 saturated heterocycles. The molecule has 0 spiro atoms. The molecule has 0 unspecified atom stereocenters. The minimum Gasteiger partial charge on any atom is -0.444 e. The fraction of sp³-hybridized carbons (Fsp3) is 0.909. The van der Waals surface area contributed by atoms with E-state index >= 15 is 0 Å². The molecule has 0 aromatic carbocycles. The molecule has 94 valence electrons. The lowest BCUT2D eigenvalue weighted by Crippen LogP contribution is -2.49. The van der Waals surface area contributed by atoms with Crippen LogP contribution in [0.2, 0.25) is 0 Å². The molecule has 16 heavy (non-hydrogen) atoms. The van der Waals surface area contributed by atoms with Crippen LogP contribution in [0.3, 0.4) is 0 Å². The van der Waals surface area contributed by atoms with Crippen LogP contribution < -0.4 is 0 Å². The highest BCUT2D eigenvalue weighted by Gasteiger charge is 2.33. The van der Waals surface area contributed by atoms with E-state index in [1.165, 1.54) is 4.90 Å². The number of piperidine rings is 1. The summed E-state index contributed by atoms with van der Waals surface area (Å²) < 4.78 is 44.4. The van der Waals surface area contributed by atoms with Gasteiger partial charge in [-0.15, -0.1) is 0 Å². The van der Waals surface area contributed by atoms with Crippen molar-refractivity contribution in [2.24, 2.45) is 0 Å². The Kier molecular flexibility index (Phi) is 2.88. The van der Waals surface area contributed by atoms with Gasteiger partial charge in [-0.1, -0.05) is 0 Å². The van der Waals surface area contributed by atoms with Crippen molar-refractivity contribution in [1.82, 2.24) is 4.90 Å². The first-order valence-corrected chi connectivity index (χ1v) is 5.28. The van der Waals surface area contributed by atoms with Crippen molar-refractivity contribution in [2.75, 3.05) is 20.1 Å². The van der Waals surface area contributed by atoms with Gasteiger partial charge in [0, 0.05) is 13.6 Å². The van der Waals surface area contributed by atoms with Gasteiger partial charge >= 0.3 is 6.09 Å². The first-order chi connectivity index (χ1) is 8.48. The lowest BCUT2D eigenvalue weighted by molar-refractivity contribution is -0.0340. The van der Waals surface area contributed by atoms with Gasteiger partial charge in [0.25, 0.3) is 0 Å². The average Bonchev–Trinajstić information content (AvgIpc) is 2.16. The van der Waals surface area contributed by atoms with Gasteiger partial charge in [-0.3, -0.25) is 0 Å². The van der Waals surface area contributed by atoms with Crippen LogP contribution in [0.4, 0.5) is 9.18 Å². The lowest BCUT2D eigenvalue weighted by Gasteiger charge is -2.34. The van der Waals surface area contributed by atoms with Crippen LogP contribution in [-0.4, -0.2) is 49.0 Å². The normalized spacial score (nSPS) is 30.2. The zero-order chi connectivity index (χ0) is 14.8.